The van der Waals surface area contributed by atoms with Gasteiger partial charge in [-0.1, -0.05) is 32.0 Å². The third-order valence-electron chi connectivity index (χ3n) is 4.69. The summed E-state index contributed by atoms with van der Waals surface area (Å²) < 4.78 is 2.00. The Morgan fingerprint density at radius 1 is 1.03 bits per heavy atom. The number of fused-ring (bicyclic) bond motifs is 1. The van der Waals surface area contributed by atoms with Gasteiger partial charge in [-0.05, 0) is 38.3 Å². The number of nitrogens with two attached hydrogens (primary N) is 2. The molecule has 2 aromatic heterocycles. The molecule has 1 atom stereocenters. The average molecular weight is 397 g/mol. The number of para-hydroxylation sites is 1. The van der Waals surface area contributed by atoms with E-state index in [4.69, 9.17) is 26.5 Å². The third-order valence-corrected chi connectivity index (χ3v) is 4.69. The van der Waals surface area contributed by atoms with Crippen molar-refractivity contribution in [2.24, 2.45) is 5.73 Å². The Bertz CT molecular complexity index is 974. The number of hydrogen-bond donors (Lipinski definition) is 4. The molecule has 0 saturated carbocycles. The van der Waals surface area contributed by atoms with E-state index < -0.39 is 0 Å². The van der Waals surface area contributed by atoms with E-state index in [-0.39, 0.29) is 18.0 Å². The Kier molecular flexibility index (Phi) is 6.22. The zero-order valence-electron chi connectivity index (χ0n) is 17.9. The number of rotatable bonds is 8. The first-order valence-electron chi connectivity index (χ1n) is 10.1. The van der Waals surface area contributed by atoms with Crippen molar-refractivity contribution in [2.45, 2.75) is 59.2 Å². The van der Waals surface area contributed by atoms with Crippen molar-refractivity contribution in [3.8, 4) is 0 Å². The monoisotopic (exact) mass is 396 g/mol. The molecule has 156 valence electrons. The lowest BCUT2D eigenvalue weighted by atomic mass is 10.1. The minimum Gasteiger partial charge on any atom is -0.398 e. The smallest absolute Gasteiger partial charge is 0.225 e. The molecule has 1 aromatic carbocycles. The van der Waals surface area contributed by atoms with E-state index in [2.05, 4.69) is 38.3 Å². The van der Waals surface area contributed by atoms with E-state index in [0.717, 1.165) is 33.8 Å². The van der Waals surface area contributed by atoms with Crippen LogP contribution in [0.4, 0.5) is 17.5 Å². The summed E-state index contributed by atoms with van der Waals surface area (Å²) in [7, 11) is 0. The van der Waals surface area contributed by atoms with Gasteiger partial charge < -0.3 is 22.1 Å². The van der Waals surface area contributed by atoms with Gasteiger partial charge in [0.05, 0.1) is 5.69 Å². The number of anilines is 3. The number of nitrogen functional groups attached to an aromatic ring is 1. The van der Waals surface area contributed by atoms with Crippen molar-refractivity contribution in [3.63, 3.8) is 0 Å². The second-order valence-electron chi connectivity index (χ2n) is 8.08. The second-order valence-corrected chi connectivity index (χ2v) is 8.08. The number of hydrogen-bond acceptors (Lipinski definition) is 7. The van der Waals surface area contributed by atoms with Gasteiger partial charge in [0.25, 0.3) is 0 Å². The molecule has 29 heavy (non-hydrogen) atoms. The molecule has 8 heteroatoms. The minimum absolute atomic E-state index is 0.00206. The maximum Gasteiger partial charge on any atom is 0.225 e. The largest absolute Gasteiger partial charge is 0.398 e. The van der Waals surface area contributed by atoms with Gasteiger partial charge in [0.15, 0.2) is 5.82 Å². The first-order valence-corrected chi connectivity index (χ1v) is 10.1. The number of benzene rings is 1. The molecule has 0 aliphatic carbocycles. The van der Waals surface area contributed by atoms with Crippen LogP contribution in [0.2, 0.25) is 0 Å². The molecule has 1 unspecified atom stereocenters. The summed E-state index contributed by atoms with van der Waals surface area (Å²) in [5.41, 5.74) is 16.5. The highest BCUT2D eigenvalue weighted by molar-refractivity contribution is 5.89. The van der Waals surface area contributed by atoms with Crippen molar-refractivity contribution < 1.29 is 0 Å². The maximum absolute atomic E-state index is 6.11. The van der Waals surface area contributed by atoms with Crippen molar-refractivity contribution in [2.75, 3.05) is 22.9 Å². The third kappa shape index (κ3) is 4.59. The van der Waals surface area contributed by atoms with Crippen LogP contribution in [0.5, 0.6) is 0 Å². The summed E-state index contributed by atoms with van der Waals surface area (Å²) in [6.45, 7) is 11.6. The summed E-state index contributed by atoms with van der Waals surface area (Å²) in [5, 5.41) is 11.6. The zero-order chi connectivity index (χ0) is 21.1. The summed E-state index contributed by atoms with van der Waals surface area (Å²) in [6.07, 6.45) is 0. The number of aromatic nitrogens is 4. The maximum atomic E-state index is 6.11. The molecular formula is C21H32N8. The van der Waals surface area contributed by atoms with Gasteiger partial charge in [0.1, 0.15) is 11.0 Å². The molecule has 2 heterocycles. The summed E-state index contributed by atoms with van der Waals surface area (Å²) >= 11 is 0. The van der Waals surface area contributed by atoms with E-state index in [1.54, 1.807) is 0 Å². The minimum atomic E-state index is -0.00206. The summed E-state index contributed by atoms with van der Waals surface area (Å²) in [5.74, 6) is 1.52. The predicted octanol–water partition coefficient (Wildman–Crippen LogP) is 3.48. The quantitative estimate of drug-likeness (QED) is 0.430. The SMILES string of the molecule is CC(N)CNc1nc(NCc2ccccc2N)c2c(n1)c(C(C)C)nn2C(C)C. The van der Waals surface area contributed by atoms with E-state index in [9.17, 15) is 0 Å². The highest BCUT2D eigenvalue weighted by atomic mass is 15.3. The Morgan fingerprint density at radius 2 is 1.76 bits per heavy atom. The first-order chi connectivity index (χ1) is 13.8. The highest BCUT2D eigenvalue weighted by Crippen LogP contribution is 2.31. The molecule has 0 bridgehead atoms. The van der Waals surface area contributed by atoms with Crippen molar-refractivity contribution in [1.29, 1.82) is 0 Å². The number of nitrogens with one attached hydrogen (secondary N) is 2. The molecule has 0 aliphatic heterocycles. The highest BCUT2D eigenvalue weighted by Gasteiger charge is 2.22. The summed E-state index contributed by atoms with van der Waals surface area (Å²) in [4.78, 5) is 9.52. The van der Waals surface area contributed by atoms with Crippen LogP contribution in [0.3, 0.4) is 0 Å². The lowest BCUT2D eigenvalue weighted by molar-refractivity contribution is 0.539. The van der Waals surface area contributed by atoms with Gasteiger partial charge in [-0.15, -0.1) is 0 Å². The normalized spacial score (nSPS) is 12.7. The Hall–Kier alpha value is -2.87. The van der Waals surface area contributed by atoms with Gasteiger partial charge in [-0.3, -0.25) is 4.68 Å². The lowest BCUT2D eigenvalue weighted by Crippen LogP contribution is -2.26. The summed E-state index contributed by atoms with van der Waals surface area (Å²) in [6, 6.07) is 8.00. The predicted molar refractivity (Wildman–Crippen MR) is 120 cm³/mol. The van der Waals surface area contributed by atoms with Crippen molar-refractivity contribution >= 4 is 28.5 Å². The van der Waals surface area contributed by atoms with Crippen LogP contribution < -0.4 is 22.1 Å². The van der Waals surface area contributed by atoms with Gasteiger partial charge >= 0.3 is 0 Å². The molecule has 0 radical (unpaired) electrons. The van der Waals surface area contributed by atoms with Crippen LogP contribution in [-0.2, 0) is 6.54 Å². The van der Waals surface area contributed by atoms with Crippen molar-refractivity contribution in [1.82, 2.24) is 19.7 Å². The van der Waals surface area contributed by atoms with Crippen LogP contribution in [0.25, 0.3) is 11.0 Å². The van der Waals surface area contributed by atoms with Crippen LogP contribution in [0, 0.1) is 0 Å². The zero-order valence-corrected chi connectivity index (χ0v) is 17.9. The average Bonchev–Trinajstić information content (AvgIpc) is 3.06. The van der Waals surface area contributed by atoms with E-state index >= 15 is 0 Å². The fourth-order valence-electron chi connectivity index (χ4n) is 3.16. The Morgan fingerprint density at radius 3 is 2.38 bits per heavy atom. The van der Waals surface area contributed by atoms with Gasteiger partial charge in [-0.2, -0.15) is 10.1 Å². The second kappa shape index (κ2) is 8.65. The molecule has 0 fully saturated rings. The lowest BCUT2D eigenvalue weighted by Gasteiger charge is -2.14. The first kappa shape index (κ1) is 20.9. The topological polar surface area (TPSA) is 120 Å². The van der Waals surface area contributed by atoms with E-state index in [0.29, 0.717) is 19.0 Å². The van der Waals surface area contributed by atoms with Crippen LogP contribution in [0.1, 0.15) is 57.8 Å². The Labute approximate surface area is 172 Å². The van der Waals surface area contributed by atoms with Crippen LogP contribution in [-0.4, -0.2) is 32.3 Å². The molecule has 0 saturated heterocycles. The fourth-order valence-corrected chi connectivity index (χ4v) is 3.16. The van der Waals surface area contributed by atoms with Crippen molar-refractivity contribution in [3.05, 3.63) is 35.5 Å². The molecule has 0 amide bonds. The number of nitrogens with zero attached hydrogens (tertiary/aromatic N) is 4. The van der Waals surface area contributed by atoms with E-state index in [1.807, 2.05) is 35.9 Å². The molecular weight excluding hydrogens is 364 g/mol. The Balaban J connectivity index is 2.09. The van der Waals surface area contributed by atoms with Crippen LogP contribution >= 0.6 is 0 Å². The van der Waals surface area contributed by atoms with Gasteiger partial charge in [0.2, 0.25) is 5.95 Å². The van der Waals surface area contributed by atoms with Gasteiger partial charge in [0, 0.05) is 30.9 Å². The van der Waals surface area contributed by atoms with Gasteiger partial charge in [-0.25, -0.2) is 4.98 Å². The van der Waals surface area contributed by atoms with E-state index in [1.165, 1.54) is 0 Å². The molecule has 0 aliphatic rings. The van der Waals surface area contributed by atoms with Crippen LogP contribution in [0.15, 0.2) is 24.3 Å². The molecule has 8 nitrogen and oxygen atoms in total. The fraction of sp³-hybridized carbons (Fsp3) is 0.476. The molecule has 0 spiro atoms. The molecule has 3 aromatic rings. The molecule has 3 rings (SSSR count). The standard InChI is InChI=1S/C21H32N8/c1-12(2)17-18-19(29(28-17)13(3)4)20(27-21(26-18)25-10-14(5)22)24-11-15-8-6-7-9-16(15)23/h6-9,12-14H,10-11,22-23H2,1-5H3,(H2,24,25,26,27). The molecule has 6 N–H and O–H groups in total.